The number of fused-ring (bicyclic) bond motifs is 7. The Morgan fingerprint density at radius 2 is 1.38 bits per heavy atom. The van der Waals surface area contributed by atoms with Gasteiger partial charge in [0.15, 0.2) is 5.78 Å². The minimum absolute atomic E-state index is 0.00790. The number of aliphatic hydroxyl groups is 1. The number of Topliss-reactive ketones (excluding diaryl/α,β-unsaturated/α-hetero) is 1. The number of carbonyl (C=O) groups is 2. The van der Waals surface area contributed by atoms with E-state index in [0.717, 1.165) is 57.8 Å². The highest BCUT2D eigenvalue weighted by Gasteiger charge is 2.73. The molecule has 192 valence electrons. The van der Waals surface area contributed by atoms with Crippen LogP contribution in [-0.2, 0) is 9.59 Å². The topological polar surface area (TPSA) is 74.6 Å². The standard InChI is InChI=1S/C30H48O4/c1-18-23(32)19(31)16-21-26(18,4)9-8-20-27(21,5)11-12-29(7)22-17-25(2,3)10-14-30(22,24(33)34)15-13-28(20,29)6/h18-22,31H,8-17H2,1-7H3,(H,33,34). The van der Waals surface area contributed by atoms with E-state index in [-0.39, 0.29) is 44.7 Å². The van der Waals surface area contributed by atoms with Crippen molar-refractivity contribution in [3.05, 3.63) is 0 Å². The molecule has 0 aromatic rings. The molecule has 0 amide bonds. The summed E-state index contributed by atoms with van der Waals surface area (Å²) < 4.78 is 0. The predicted octanol–water partition coefficient (Wildman–Crippen LogP) is 6.49. The zero-order valence-corrected chi connectivity index (χ0v) is 22.7. The fourth-order valence-corrected chi connectivity index (χ4v) is 11.2. The third-order valence-corrected chi connectivity index (χ3v) is 13.8. The van der Waals surface area contributed by atoms with E-state index in [4.69, 9.17) is 0 Å². The van der Waals surface area contributed by atoms with Crippen LogP contribution >= 0.6 is 0 Å². The average molecular weight is 473 g/mol. The molecule has 4 nitrogen and oxygen atoms in total. The highest BCUT2D eigenvalue weighted by Crippen LogP contribution is 2.78. The molecule has 0 radical (unpaired) electrons. The van der Waals surface area contributed by atoms with Gasteiger partial charge in [-0.05, 0) is 109 Å². The molecule has 2 N–H and O–H groups in total. The Morgan fingerprint density at radius 1 is 0.794 bits per heavy atom. The number of rotatable bonds is 1. The van der Waals surface area contributed by atoms with E-state index in [9.17, 15) is 19.8 Å². The largest absolute Gasteiger partial charge is 0.481 e. The van der Waals surface area contributed by atoms with Crippen LogP contribution < -0.4 is 0 Å². The molecule has 10 atom stereocenters. The minimum Gasteiger partial charge on any atom is -0.481 e. The lowest BCUT2D eigenvalue weighted by Crippen LogP contribution is -2.69. The fourth-order valence-electron chi connectivity index (χ4n) is 11.2. The molecule has 5 saturated carbocycles. The second-order valence-corrected chi connectivity index (χ2v) is 15.2. The lowest BCUT2D eigenvalue weighted by Gasteiger charge is -2.74. The van der Waals surface area contributed by atoms with Gasteiger partial charge in [-0.25, -0.2) is 0 Å². The third-order valence-electron chi connectivity index (χ3n) is 13.8. The summed E-state index contributed by atoms with van der Waals surface area (Å²) in [5, 5.41) is 21.3. The summed E-state index contributed by atoms with van der Waals surface area (Å²) in [4.78, 5) is 25.7. The zero-order chi connectivity index (χ0) is 25.1. The van der Waals surface area contributed by atoms with E-state index in [1.54, 1.807) is 0 Å². The molecule has 0 spiro atoms. The molecule has 0 heterocycles. The Kier molecular flexibility index (Phi) is 5.18. The van der Waals surface area contributed by atoms with Gasteiger partial charge < -0.3 is 10.2 Å². The fraction of sp³-hybridized carbons (Fsp3) is 0.933. The van der Waals surface area contributed by atoms with Gasteiger partial charge in [-0.15, -0.1) is 0 Å². The monoisotopic (exact) mass is 472 g/mol. The summed E-state index contributed by atoms with van der Waals surface area (Å²) >= 11 is 0. The van der Waals surface area contributed by atoms with Crippen LogP contribution in [0.15, 0.2) is 0 Å². The molecule has 0 aromatic heterocycles. The van der Waals surface area contributed by atoms with Crippen molar-refractivity contribution in [2.75, 3.05) is 0 Å². The molecule has 10 unspecified atom stereocenters. The van der Waals surface area contributed by atoms with E-state index in [1.807, 2.05) is 0 Å². The van der Waals surface area contributed by atoms with E-state index in [0.29, 0.717) is 18.3 Å². The first kappa shape index (κ1) is 24.8. The number of aliphatic carboxylic acids is 1. The maximum absolute atomic E-state index is 12.9. The summed E-state index contributed by atoms with van der Waals surface area (Å²) in [6, 6.07) is 0. The van der Waals surface area contributed by atoms with Gasteiger partial charge in [0.05, 0.1) is 5.41 Å². The second-order valence-electron chi connectivity index (χ2n) is 15.2. The van der Waals surface area contributed by atoms with E-state index < -0.39 is 17.5 Å². The summed E-state index contributed by atoms with van der Waals surface area (Å²) in [7, 11) is 0. The predicted molar refractivity (Wildman–Crippen MR) is 133 cm³/mol. The van der Waals surface area contributed by atoms with Crippen molar-refractivity contribution in [2.24, 2.45) is 56.2 Å². The molecule has 4 heteroatoms. The summed E-state index contributed by atoms with van der Waals surface area (Å²) in [6.45, 7) is 16.5. The van der Waals surface area contributed by atoms with E-state index in [2.05, 4.69) is 48.5 Å². The third kappa shape index (κ3) is 2.81. The lowest BCUT2D eigenvalue weighted by atomic mass is 9.30. The van der Waals surface area contributed by atoms with Crippen molar-refractivity contribution in [1.29, 1.82) is 0 Å². The molecule has 34 heavy (non-hydrogen) atoms. The number of ketones is 1. The molecule has 0 aromatic carbocycles. The lowest BCUT2D eigenvalue weighted by molar-refractivity contribution is -0.261. The Balaban J connectivity index is 1.58. The Morgan fingerprint density at radius 3 is 2.03 bits per heavy atom. The smallest absolute Gasteiger partial charge is 0.309 e. The number of carboxylic acids is 1. The van der Waals surface area contributed by atoms with Gasteiger partial charge in [0.1, 0.15) is 6.10 Å². The molecule has 5 fully saturated rings. The van der Waals surface area contributed by atoms with Crippen LogP contribution in [0.3, 0.4) is 0 Å². The van der Waals surface area contributed by atoms with Crippen LogP contribution in [0.2, 0.25) is 0 Å². The molecule has 5 aliphatic carbocycles. The van der Waals surface area contributed by atoms with Gasteiger partial charge in [-0.1, -0.05) is 48.5 Å². The first-order valence-electron chi connectivity index (χ1n) is 14.0. The van der Waals surface area contributed by atoms with Gasteiger partial charge in [-0.3, -0.25) is 9.59 Å². The number of hydrogen-bond donors (Lipinski definition) is 2. The van der Waals surface area contributed by atoms with Crippen molar-refractivity contribution in [1.82, 2.24) is 0 Å². The summed E-state index contributed by atoms with van der Waals surface area (Å²) in [5.74, 6) is 0.475. The zero-order valence-electron chi connectivity index (χ0n) is 22.7. The van der Waals surface area contributed by atoms with Gasteiger partial charge in [0.25, 0.3) is 0 Å². The molecule has 5 aliphatic rings. The van der Waals surface area contributed by atoms with Crippen molar-refractivity contribution in [3.63, 3.8) is 0 Å². The maximum atomic E-state index is 12.9. The average Bonchev–Trinajstić information content (AvgIpc) is 2.75. The quantitative estimate of drug-likeness (QED) is 0.457. The Bertz CT molecular complexity index is 909. The first-order valence-corrected chi connectivity index (χ1v) is 14.0. The van der Waals surface area contributed by atoms with Crippen molar-refractivity contribution in [3.8, 4) is 0 Å². The second kappa shape index (κ2) is 7.11. The molecular weight excluding hydrogens is 424 g/mol. The minimum atomic E-state index is -0.824. The molecule has 0 aliphatic heterocycles. The SMILES string of the molecule is CC1C(=O)C(O)CC2C1(C)CCC1C2(C)CCC2(C)C3CC(C)(C)CCC3(C(=O)O)CCC12C. The Hall–Kier alpha value is -0.900. The van der Waals surface area contributed by atoms with Crippen molar-refractivity contribution < 1.29 is 19.8 Å². The molecule has 5 rings (SSSR count). The summed E-state index contributed by atoms with van der Waals surface area (Å²) in [5.41, 5.74) is -0.229. The van der Waals surface area contributed by atoms with Crippen LogP contribution in [0, 0.1) is 56.2 Å². The van der Waals surface area contributed by atoms with Crippen LogP contribution in [0.1, 0.15) is 113 Å². The molecule has 0 saturated heterocycles. The Labute approximate surface area is 206 Å². The number of hydrogen-bond acceptors (Lipinski definition) is 3. The number of carbonyl (C=O) groups excluding carboxylic acids is 1. The maximum Gasteiger partial charge on any atom is 0.309 e. The van der Waals surface area contributed by atoms with Gasteiger partial charge in [0, 0.05) is 5.92 Å². The van der Waals surface area contributed by atoms with Crippen molar-refractivity contribution in [2.45, 2.75) is 119 Å². The number of carboxylic acid groups (broad SMARTS) is 1. The van der Waals surface area contributed by atoms with Crippen LogP contribution in [0.25, 0.3) is 0 Å². The van der Waals surface area contributed by atoms with Crippen LogP contribution in [0.4, 0.5) is 0 Å². The highest BCUT2D eigenvalue weighted by atomic mass is 16.4. The van der Waals surface area contributed by atoms with Crippen molar-refractivity contribution >= 4 is 11.8 Å². The number of aliphatic hydroxyl groups excluding tert-OH is 1. The van der Waals surface area contributed by atoms with Crippen LogP contribution in [0.5, 0.6) is 0 Å². The summed E-state index contributed by atoms with van der Waals surface area (Å²) in [6.07, 6.45) is 8.75. The van der Waals surface area contributed by atoms with Gasteiger partial charge >= 0.3 is 5.97 Å². The van der Waals surface area contributed by atoms with Gasteiger partial charge in [0.2, 0.25) is 0 Å². The molecule has 0 bridgehead atoms. The normalized spacial score (nSPS) is 56.5. The van der Waals surface area contributed by atoms with Crippen LogP contribution in [-0.4, -0.2) is 28.1 Å². The molecular formula is C30H48O4. The highest BCUT2D eigenvalue weighted by molar-refractivity contribution is 5.86. The van der Waals surface area contributed by atoms with E-state index >= 15 is 0 Å². The first-order chi connectivity index (χ1) is 15.6. The van der Waals surface area contributed by atoms with E-state index in [1.165, 1.54) is 0 Å². The van der Waals surface area contributed by atoms with Gasteiger partial charge in [-0.2, -0.15) is 0 Å².